The number of aromatic hydroxyl groups is 1. The van der Waals surface area contributed by atoms with Crippen molar-refractivity contribution < 1.29 is 9.52 Å². The second kappa shape index (κ2) is 6.29. The molecule has 1 fully saturated rings. The highest BCUT2D eigenvalue weighted by molar-refractivity contribution is 6.31. The van der Waals surface area contributed by atoms with E-state index in [-0.39, 0.29) is 11.3 Å². The molecule has 0 amide bonds. The number of fused-ring (bicyclic) bond motifs is 5. The number of phenols is 1. The van der Waals surface area contributed by atoms with E-state index in [0.29, 0.717) is 39.0 Å². The van der Waals surface area contributed by atoms with E-state index in [4.69, 9.17) is 16.0 Å². The van der Waals surface area contributed by atoms with Crippen LogP contribution in [0.15, 0.2) is 39.5 Å². The molecule has 6 heteroatoms. The highest BCUT2D eigenvalue weighted by atomic mass is 35.5. The van der Waals surface area contributed by atoms with Crippen molar-refractivity contribution in [3.63, 3.8) is 0 Å². The van der Waals surface area contributed by atoms with E-state index in [1.807, 2.05) is 0 Å². The predicted octanol–water partition coefficient (Wildman–Crippen LogP) is 4.77. The quantitative estimate of drug-likeness (QED) is 0.523. The van der Waals surface area contributed by atoms with Gasteiger partial charge in [0.25, 0.3) is 5.56 Å². The summed E-state index contributed by atoms with van der Waals surface area (Å²) in [6, 6.07) is 8.68. The summed E-state index contributed by atoms with van der Waals surface area (Å²) in [4.78, 5) is 18.1. The van der Waals surface area contributed by atoms with Crippen molar-refractivity contribution in [1.29, 1.82) is 0 Å². The Kier molecular flexibility index (Phi) is 3.88. The van der Waals surface area contributed by atoms with Gasteiger partial charge in [-0.25, -0.2) is 0 Å². The fourth-order valence-corrected chi connectivity index (χ4v) is 4.33. The van der Waals surface area contributed by atoms with Crippen molar-refractivity contribution >= 4 is 44.4 Å². The molecule has 1 saturated heterocycles. The maximum atomic E-state index is 12.9. The molecule has 1 aliphatic heterocycles. The van der Waals surface area contributed by atoms with E-state index in [1.54, 1.807) is 30.3 Å². The van der Waals surface area contributed by atoms with Crippen molar-refractivity contribution in [2.75, 3.05) is 13.1 Å². The average Bonchev–Trinajstić information content (AvgIpc) is 3.06. The molecule has 1 aliphatic rings. The van der Waals surface area contributed by atoms with Crippen LogP contribution in [0.5, 0.6) is 5.75 Å². The van der Waals surface area contributed by atoms with Crippen LogP contribution in [0.3, 0.4) is 0 Å². The van der Waals surface area contributed by atoms with Crippen LogP contribution in [0.4, 0.5) is 0 Å². The summed E-state index contributed by atoms with van der Waals surface area (Å²) in [6.07, 6.45) is 3.56. The number of hydrogen-bond donors (Lipinski definition) is 2. The molecular weight excluding hydrogens is 364 g/mol. The van der Waals surface area contributed by atoms with Gasteiger partial charge in [0, 0.05) is 27.9 Å². The molecule has 5 rings (SSSR count). The van der Waals surface area contributed by atoms with Crippen LogP contribution in [0.1, 0.15) is 24.8 Å². The van der Waals surface area contributed by atoms with Gasteiger partial charge >= 0.3 is 0 Å². The van der Waals surface area contributed by atoms with Gasteiger partial charge in [-0.05, 0) is 56.3 Å². The number of aromatic nitrogens is 1. The topological polar surface area (TPSA) is 69.5 Å². The second-order valence-electron chi connectivity index (χ2n) is 7.22. The second-order valence-corrected chi connectivity index (χ2v) is 7.66. The normalized spacial score (nSPS) is 15.9. The van der Waals surface area contributed by atoms with E-state index >= 15 is 0 Å². The number of H-pyrrole nitrogens is 1. The first kappa shape index (κ1) is 16.7. The number of halogens is 1. The highest BCUT2D eigenvalue weighted by Gasteiger charge is 2.21. The third-order valence-electron chi connectivity index (χ3n) is 5.47. The van der Waals surface area contributed by atoms with Crippen molar-refractivity contribution in [2.24, 2.45) is 0 Å². The average molecular weight is 383 g/mol. The molecule has 27 heavy (non-hydrogen) atoms. The lowest BCUT2D eigenvalue weighted by atomic mass is 10.0. The largest absolute Gasteiger partial charge is 0.508 e. The summed E-state index contributed by atoms with van der Waals surface area (Å²) in [5.41, 5.74) is 2.33. The van der Waals surface area contributed by atoms with Gasteiger partial charge in [0.2, 0.25) is 0 Å². The molecule has 5 nitrogen and oxygen atoms in total. The van der Waals surface area contributed by atoms with Crippen molar-refractivity contribution in [3.8, 4) is 5.75 Å². The summed E-state index contributed by atoms with van der Waals surface area (Å²) in [5.74, 6) is 0.196. The number of aromatic amines is 1. The van der Waals surface area contributed by atoms with Crippen molar-refractivity contribution in [3.05, 3.63) is 51.3 Å². The fourth-order valence-electron chi connectivity index (χ4n) is 4.15. The summed E-state index contributed by atoms with van der Waals surface area (Å²) in [6.45, 7) is 2.60. The van der Waals surface area contributed by atoms with Crippen molar-refractivity contribution in [2.45, 2.75) is 25.8 Å². The molecule has 2 aromatic heterocycles. The number of hydrogen-bond acceptors (Lipinski definition) is 4. The number of phenolic OH excluding ortho intramolecular Hbond substituents is 1. The van der Waals surface area contributed by atoms with E-state index in [2.05, 4.69) is 9.88 Å². The maximum Gasteiger partial charge on any atom is 0.260 e. The summed E-state index contributed by atoms with van der Waals surface area (Å²) >= 11 is 6.16. The molecular formula is C21H19ClN2O3. The van der Waals surface area contributed by atoms with Crippen LogP contribution in [0, 0.1) is 0 Å². The third-order valence-corrected chi connectivity index (χ3v) is 5.71. The minimum Gasteiger partial charge on any atom is -0.508 e. The molecule has 3 heterocycles. The van der Waals surface area contributed by atoms with Gasteiger partial charge in [0.05, 0.1) is 10.9 Å². The Morgan fingerprint density at radius 3 is 2.74 bits per heavy atom. The first-order valence-electron chi connectivity index (χ1n) is 9.23. The van der Waals surface area contributed by atoms with Crippen LogP contribution in [-0.4, -0.2) is 28.1 Å². The van der Waals surface area contributed by atoms with E-state index < -0.39 is 0 Å². The van der Waals surface area contributed by atoms with Gasteiger partial charge in [-0.2, -0.15) is 0 Å². The number of benzene rings is 2. The Morgan fingerprint density at radius 1 is 1.11 bits per heavy atom. The number of nitrogens with zero attached hydrogens (tertiary/aromatic N) is 1. The zero-order valence-corrected chi connectivity index (χ0v) is 15.5. The number of rotatable bonds is 2. The molecule has 0 aliphatic carbocycles. The first-order chi connectivity index (χ1) is 13.1. The molecule has 0 unspecified atom stereocenters. The third kappa shape index (κ3) is 2.69. The molecule has 0 bridgehead atoms. The Morgan fingerprint density at radius 2 is 1.93 bits per heavy atom. The van der Waals surface area contributed by atoms with Gasteiger partial charge in [-0.3, -0.25) is 9.69 Å². The van der Waals surface area contributed by atoms with Crippen LogP contribution in [-0.2, 0) is 6.54 Å². The smallest absolute Gasteiger partial charge is 0.260 e. The summed E-state index contributed by atoms with van der Waals surface area (Å²) in [7, 11) is 0. The lowest BCUT2D eigenvalue weighted by molar-refractivity contribution is 0.219. The SMILES string of the molecule is O=c1[nH]c2ccc(Cl)cc2c2oc3ccc(O)c(CN4CCCCC4)c3c12. The van der Waals surface area contributed by atoms with E-state index in [0.717, 1.165) is 36.9 Å². The maximum absolute atomic E-state index is 12.9. The Balaban J connectivity index is 1.82. The molecule has 2 N–H and O–H groups in total. The predicted molar refractivity (Wildman–Crippen MR) is 108 cm³/mol. The first-order valence-corrected chi connectivity index (χ1v) is 9.60. The summed E-state index contributed by atoms with van der Waals surface area (Å²) < 4.78 is 6.08. The molecule has 0 atom stereocenters. The van der Waals surface area contributed by atoms with Gasteiger partial charge in [-0.15, -0.1) is 0 Å². The molecule has 0 saturated carbocycles. The lowest BCUT2D eigenvalue weighted by Crippen LogP contribution is -2.29. The van der Waals surface area contributed by atoms with Gasteiger partial charge in [0.15, 0.2) is 0 Å². The Bertz CT molecular complexity index is 1240. The Hall–Kier alpha value is -2.50. The number of pyridine rings is 1. The van der Waals surface area contributed by atoms with Crippen molar-refractivity contribution in [1.82, 2.24) is 9.88 Å². The molecule has 0 spiro atoms. The van der Waals surface area contributed by atoms with Gasteiger partial charge < -0.3 is 14.5 Å². The molecule has 138 valence electrons. The van der Waals surface area contributed by atoms with Crippen LogP contribution >= 0.6 is 11.6 Å². The van der Waals surface area contributed by atoms with E-state index in [1.165, 1.54) is 6.42 Å². The molecule has 0 radical (unpaired) electrons. The van der Waals surface area contributed by atoms with Crippen LogP contribution in [0.25, 0.3) is 32.8 Å². The minimum atomic E-state index is -0.218. The monoisotopic (exact) mass is 382 g/mol. The summed E-state index contributed by atoms with van der Waals surface area (Å²) in [5, 5.41) is 13.1. The standard InChI is InChI=1S/C21H19ClN2O3/c22-12-4-5-15-13(10-12)20-19(21(26)23-15)18-14(11-24-8-2-1-3-9-24)16(25)6-7-17(18)27-20/h4-7,10,25H,1-3,8-9,11H2,(H,23,26). The number of nitrogens with one attached hydrogen (secondary N) is 1. The van der Waals surface area contributed by atoms with Crippen LogP contribution in [0.2, 0.25) is 5.02 Å². The van der Waals surface area contributed by atoms with Gasteiger partial charge in [0.1, 0.15) is 16.9 Å². The minimum absolute atomic E-state index is 0.196. The number of furan rings is 1. The fraction of sp³-hybridized carbons (Fsp3) is 0.286. The number of piperidine rings is 1. The zero-order valence-electron chi connectivity index (χ0n) is 14.7. The lowest BCUT2D eigenvalue weighted by Gasteiger charge is -2.26. The highest BCUT2D eigenvalue weighted by Crippen LogP contribution is 2.37. The van der Waals surface area contributed by atoms with Crippen LogP contribution < -0.4 is 5.56 Å². The number of likely N-dealkylation sites (tertiary alicyclic amines) is 1. The van der Waals surface area contributed by atoms with E-state index in [9.17, 15) is 9.90 Å². The molecule has 4 aromatic rings. The zero-order chi connectivity index (χ0) is 18.5. The molecule has 2 aromatic carbocycles. The Labute approximate surface area is 160 Å². The van der Waals surface area contributed by atoms with Gasteiger partial charge in [-0.1, -0.05) is 18.0 Å².